The molecule has 4 heterocycles. The summed E-state index contributed by atoms with van der Waals surface area (Å²) in [5, 5.41) is 0. The third-order valence-corrected chi connectivity index (χ3v) is 14.8. The Hall–Kier alpha value is 1.88. The lowest BCUT2D eigenvalue weighted by Crippen LogP contribution is -2.21. The summed E-state index contributed by atoms with van der Waals surface area (Å²) in [6, 6.07) is 0. The fourth-order valence-electron chi connectivity index (χ4n) is 1.72. The van der Waals surface area contributed by atoms with E-state index >= 15 is 0 Å². The Labute approximate surface area is 156 Å². The van der Waals surface area contributed by atoms with Gasteiger partial charge in [-0.05, 0) is 0 Å². The molecule has 0 atom stereocenters. The first kappa shape index (κ1) is 16.4. The van der Waals surface area contributed by atoms with Crippen LogP contribution in [-0.4, -0.2) is 28.9 Å². The Kier molecular flexibility index (Phi) is 5.18. The summed E-state index contributed by atoms with van der Waals surface area (Å²) in [6.07, 6.45) is 0. The van der Waals surface area contributed by atoms with Crippen LogP contribution < -0.4 is 0 Å². The minimum atomic E-state index is -2.54. The largest absolute Gasteiger partial charge is 0.266 e. The van der Waals surface area contributed by atoms with Gasteiger partial charge in [-0.1, -0.05) is 47.0 Å². The van der Waals surface area contributed by atoms with E-state index in [4.69, 9.17) is 0 Å². The van der Waals surface area contributed by atoms with E-state index in [1.165, 1.54) is 52.0 Å². The molecule has 0 fully saturated rings. The topological polar surface area (TPSA) is 0 Å². The minimum Gasteiger partial charge on any atom is -0.205 e. The second-order valence-corrected chi connectivity index (χ2v) is 14.1. The van der Waals surface area contributed by atoms with Crippen molar-refractivity contribution in [3.63, 3.8) is 0 Å². The zero-order chi connectivity index (χ0) is 14.4. The summed E-state index contributed by atoms with van der Waals surface area (Å²) >= 11 is 13.7. The monoisotopic (exact) mass is 434 g/mol. The molecule has 0 aromatic heterocycles. The minimum absolute atomic E-state index is 0.0876. The van der Waals surface area contributed by atoms with E-state index in [2.05, 4.69) is 0 Å². The molecule has 4 aliphatic rings. The van der Waals surface area contributed by atoms with Crippen molar-refractivity contribution in [2.24, 2.45) is 0 Å². The molecule has 0 amide bonds. The highest BCUT2D eigenvalue weighted by molar-refractivity contribution is 8.45. The average molecular weight is 435 g/mol. The molecule has 0 saturated carbocycles. The van der Waals surface area contributed by atoms with Crippen LogP contribution in [0.4, 0.5) is 8.78 Å². The van der Waals surface area contributed by atoms with Gasteiger partial charge < -0.3 is 0 Å². The van der Waals surface area contributed by atoms with Crippen LogP contribution in [0.2, 0.25) is 0 Å². The van der Waals surface area contributed by atoms with Gasteiger partial charge >= 0.3 is 0 Å². The second-order valence-electron chi connectivity index (χ2n) is 4.26. The van der Waals surface area contributed by atoms with Gasteiger partial charge in [0.2, 0.25) is 0 Å². The van der Waals surface area contributed by atoms with Crippen molar-refractivity contribution in [1.29, 1.82) is 0 Å². The van der Waals surface area contributed by atoms with Gasteiger partial charge in [0.05, 0.1) is 36.9 Å². The first-order valence-corrected chi connectivity index (χ1v) is 13.1. The first-order valence-electron chi connectivity index (χ1n) is 5.94. The summed E-state index contributed by atoms with van der Waals surface area (Å²) in [7, 11) is 0. The average Bonchev–Trinajstić information content (AvgIpc) is 3.04. The molecule has 0 saturated heterocycles. The predicted molar refractivity (Wildman–Crippen MR) is 106 cm³/mol. The van der Waals surface area contributed by atoms with E-state index < -0.39 is 5.92 Å². The number of hydrogen-bond donors (Lipinski definition) is 0. The fraction of sp³-hybridized carbons (Fsp3) is 0.455. The lowest BCUT2D eigenvalue weighted by Gasteiger charge is -2.12. The molecule has 4 aliphatic heterocycles. The third-order valence-electron chi connectivity index (χ3n) is 2.62. The number of halogens is 2. The van der Waals surface area contributed by atoms with Crippen LogP contribution in [0.25, 0.3) is 0 Å². The van der Waals surface area contributed by atoms with E-state index in [0.29, 0.717) is 0 Å². The van der Waals surface area contributed by atoms with Crippen molar-refractivity contribution in [2.45, 2.75) is 5.92 Å². The standard InChI is InChI=1S/C11H8F2S8/c12-11(13)3-16-7-8(17-4-11)21-10(20-7)9-18-5-6(19-9)15-2-1-14-5/h1-4H2. The number of thioether (sulfide) groups is 8. The molecule has 0 aliphatic carbocycles. The quantitative estimate of drug-likeness (QED) is 0.398. The molecular weight excluding hydrogens is 427 g/mol. The van der Waals surface area contributed by atoms with Crippen LogP contribution in [0.15, 0.2) is 25.4 Å². The van der Waals surface area contributed by atoms with Gasteiger partial charge in [0.15, 0.2) is 0 Å². The van der Waals surface area contributed by atoms with Crippen molar-refractivity contribution in [1.82, 2.24) is 0 Å². The zero-order valence-electron chi connectivity index (χ0n) is 10.4. The van der Waals surface area contributed by atoms with Crippen LogP contribution in [0, 0.1) is 0 Å². The Balaban J connectivity index is 1.48. The number of hydrogen-bond acceptors (Lipinski definition) is 8. The molecule has 0 unspecified atom stereocenters. The van der Waals surface area contributed by atoms with E-state index in [1.54, 1.807) is 23.5 Å². The van der Waals surface area contributed by atoms with E-state index in [-0.39, 0.29) is 11.5 Å². The summed E-state index contributed by atoms with van der Waals surface area (Å²) in [6.45, 7) is 0. The maximum absolute atomic E-state index is 13.5. The maximum Gasteiger partial charge on any atom is 0.266 e. The fourth-order valence-corrected chi connectivity index (χ4v) is 13.8. The Morgan fingerprint density at radius 2 is 0.952 bits per heavy atom. The predicted octanol–water partition coefficient (Wildman–Crippen LogP) is 6.92. The molecule has 0 spiro atoms. The number of rotatable bonds is 0. The summed E-state index contributed by atoms with van der Waals surface area (Å²) in [4.78, 5) is 0. The van der Waals surface area contributed by atoms with Crippen molar-refractivity contribution < 1.29 is 8.78 Å². The second kappa shape index (κ2) is 6.65. The smallest absolute Gasteiger partial charge is 0.205 e. The SMILES string of the molecule is FC1(F)CSC2=C(SC1)SC(=C1SC3=C(SCCS3)S1)S2. The van der Waals surface area contributed by atoms with E-state index in [1.807, 2.05) is 47.0 Å². The first-order chi connectivity index (χ1) is 10.1. The van der Waals surface area contributed by atoms with Crippen LogP contribution in [0.3, 0.4) is 0 Å². The van der Waals surface area contributed by atoms with Gasteiger partial charge in [0.1, 0.15) is 0 Å². The van der Waals surface area contributed by atoms with Crippen LogP contribution >= 0.6 is 94.1 Å². The molecule has 0 aromatic rings. The molecule has 0 bridgehead atoms. The summed E-state index contributed by atoms with van der Waals surface area (Å²) in [5.74, 6) is -0.338. The Morgan fingerprint density at radius 3 is 1.38 bits per heavy atom. The number of alkyl halides is 2. The highest BCUT2D eigenvalue weighted by Gasteiger charge is 2.38. The Bertz CT molecular complexity index is 535. The zero-order valence-corrected chi connectivity index (χ0v) is 16.9. The van der Waals surface area contributed by atoms with E-state index in [9.17, 15) is 8.78 Å². The molecule has 114 valence electrons. The van der Waals surface area contributed by atoms with E-state index in [0.717, 1.165) is 8.47 Å². The van der Waals surface area contributed by atoms with Crippen molar-refractivity contribution >= 4 is 94.1 Å². The van der Waals surface area contributed by atoms with Crippen molar-refractivity contribution in [3.05, 3.63) is 25.4 Å². The van der Waals surface area contributed by atoms with Crippen LogP contribution in [0.5, 0.6) is 0 Å². The van der Waals surface area contributed by atoms with Gasteiger partial charge in [-0.15, -0.1) is 47.0 Å². The normalized spacial score (nSPS) is 28.9. The highest BCUT2D eigenvalue weighted by Crippen LogP contribution is 2.67. The highest BCUT2D eigenvalue weighted by atomic mass is 32.3. The molecule has 0 N–H and O–H groups in total. The van der Waals surface area contributed by atoms with Gasteiger partial charge in [-0.25, -0.2) is 8.78 Å². The Morgan fingerprint density at radius 1 is 0.571 bits per heavy atom. The van der Waals surface area contributed by atoms with Gasteiger partial charge in [0.25, 0.3) is 5.92 Å². The molecule has 0 radical (unpaired) electrons. The summed E-state index contributed by atoms with van der Waals surface area (Å²) in [5.41, 5.74) is 0. The molecule has 10 heteroatoms. The maximum atomic E-state index is 13.5. The summed E-state index contributed by atoms with van der Waals surface area (Å²) < 4.78 is 34.6. The van der Waals surface area contributed by atoms with Crippen LogP contribution in [0.1, 0.15) is 0 Å². The van der Waals surface area contributed by atoms with Crippen LogP contribution in [-0.2, 0) is 0 Å². The van der Waals surface area contributed by atoms with Gasteiger partial charge in [-0.3, -0.25) is 0 Å². The molecule has 0 aromatic carbocycles. The lowest BCUT2D eigenvalue weighted by atomic mass is 10.5. The molecule has 21 heavy (non-hydrogen) atoms. The molecule has 4 rings (SSSR count). The molecule has 0 nitrogen and oxygen atoms in total. The molecular formula is C11H8F2S8. The van der Waals surface area contributed by atoms with Gasteiger partial charge in [0, 0.05) is 11.5 Å². The lowest BCUT2D eigenvalue weighted by molar-refractivity contribution is 0.0552. The third kappa shape index (κ3) is 3.62. The van der Waals surface area contributed by atoms with Gasteiger partial charge in [-0.2, -0.15) is 0 Å². The van der Waals surface area contributed by atoms with Crippen molar-refractivity contribution in [3.8, 4) is 0 Å². The van der Waals surface area contributed by atoms with Crippen molar-refractivity contribution in [2.75, 3.05) is 23.0 Å².